The number of benzene rings is 2. The zero-order valence-electron chi connectivity index (χ0n) is 16.7. The van der Waals surface area contributed by atoms with Crippen molar-refractivity contribution in [3.63, 3.8) is 0 Å². The van der Waals surface area contributed by atoms with Crippen molar-refractivity contribution in [1.82, 2.24) is 14.8 Å². The van der Waals surface area contributed by atoms with Crippen molar-refractivity contribution >= 4 is 10.9 Å². The lowest BCUT2D eigenvalue weighted by atomic mass is 10.1. The zero-order valence-corrected chi connectivity index (χ0v) is 16.7. The Labute approximate surface area is 169 Å². The Balaban J connectivity index is 1.45. The van der Waals surface area contributed by atoms with Gasteiger partial charge in [0.1, 0.15) is 0 Å². The lowest BCUT2D eigenvalue weighted by Gasteiger charge is -2.41. The van der Waals surface area contributed by atoms with E-state index in [-0.39, 0.29) is 12.6 Å². The molecule has 6 heteroatoms. The second kappa shape index (κ2) is 8.61. The zero-order chi connectivity index (χ0) is 20.4. The number of rotatable bonds is 6. The Morgan fingerprint density at radius 2 is 1.90 bits per heavy atom. The van der Waals surface area contributed by atoms with E-state index in [9.17, 15) is 13.9 Å². The highest BCUT2D eigenvalue weighted by atomic mass is 19.2. The van der Waals surface area contributed by atoms with Gasteiger partial charge in [0.2, 0.25) is 0 Å². The molecule has 1 fully saturated rings. The van der Waals surface area contributed by atoms with Gasteiger partial charge in [-0.25, -0.2) is 8.78 Å². The number of H-pyrrole nitrogens is 1. The van der Waals surface area contributed by atoms with Crippen LogP contribution in [0.3, 0.4) is 0 Å². The molecule has 2 heterocycles. The number of fused-ring (bicyclic) bond motifs is 1. The number of aryl methyl sites for hydroxylation is 1. The molecule has 2 aromatic carbocycles. The first-order chi connectivity index (χ1) is 14.0. The van der Waals surface area contributed by atoms with E-state index in [2.05, 4.69) is 39.9 Å². The number of nitrogens with one attached hydrogen (secondary N) is 1. The third-order valence-electron chi connectivity index (χ3n) is 5.97. The van der Waals surface area contributed by atoms with Gasteiger partial charge >= 0.3 is 0 Å². The average molecular weight is 399 g/mol. The average Bonchev–Trinajstić information content (AvgIpc) is 3.03. The summed E-state index contributed by atoms with van der Waals surface area (Å²) in [6.07, 6.45) is 0.659. The number of aromatic nitrogens is 1. The second-order valence-electron chi connectivity index (χ2n) is 7.89. The molecule has 1 unspecified atom stereocenters. The minimum atomic E-state index is -0.820. The maximum absolute atomic E-state index is 13.6. The Hall–Kier alpha value is -2.28. The van der Waals surface area contributed by atoms with Crippen LogP contribution in [0.25, 0.3) is 10.9 Å². The van der Waals surface area contributed by atoms with Crippen LogP contribution >= 0.6 is 0 Å². The summed E-state index contributed by atoms with van der Waals surface area (Å²) in [5, 5.41) is 10.8. The van der Waals surface area contributed by atoms with Gasteiger partial charge in [0, 0.05) is 62.0 Å². The maximum Gasteiger partial charge on any atom is 0.159 e. The summed E-state index contributed by atoms with van der Waals surface area (Å²) in [4.78, 5) is 8.20. The summed E-state index contributed by atoms with van der Waals surface area (Å²) in [5.41, 5.74) is 4.42. The van der Waals surface area contributed by atoms with Crippen LogP contribution in [-0.2, 0) is 13.1 Å². The molecular weight excluding hydrogens is 372 g/mol. The minimum absolute atomic E-state index is 0.109. The molecule has 4 rings (SSSR count). The summed E-state index contributed by atoms with van der Waals surface area (Å²) in [6.45, 7) is 6.20. The number of hydrogen-bond acceptors (Lipinski definition) is 3. The van der Waals surface area contributed by atoms with E-state index in [1.807, 2.05) is 6.07 Å². The standard InChI is InChI=1S/C23H27F2N3O/c1-16-19-4-2-3-5-22(19)26-23(16)15-27-9-10-28(18(14-27)8-11-29)13-17-6-7-20(24)21(25)12-17/h2-7,12,18,26,29H,8-11,13-15H2,1H3. The fraction of sp³-hybridized carbons (Fsp3) is 0.391. The highest BCUT2D eigenvalue weighted by Gasteiger charge is 2.27. The maximum atomic E-state index is 13.6. The van der Waals surface area contributed by atoms with Gasteiger partial charge in [-0.05, 0) is 42.7 Å². The molecule has 0 radical (unpaired) electrons. The number of nitrogens with zero attached hydrogens (tertiary/aromatic N) is 2. The summed E-state index contributed by atoms with van der Waals surface area (Å²) in [7, 11) is 0. The molecule has 0 aliphatic carbocycles. The molecule has 1 aromatic heterocycles. The monoisotopic (exact) mass is 399 g/mol. The van der Waals surface area contributed by atoms with Crippen molar-refractivity contribution in [1.29, 1.82) is 0 Å². The van der Waals surface area contributed by atoms with E-state index >= 15 is 0 Å². The molecule has 4 nitrogen and oxygen atoms in total. The van der Waals surface area contributed by atoms with Gasteiger partial charge in [-0.1, -0.05) is 24.3 Å². The third kappa shape index (κ3) is 4.34. The van der Waals surface area contributed by atoms with Crippen molar-refractivity contribution in [3.8, 4) is 0 Å². The van der Waals surface area contributed by atoms with Crippen molar-refractivity contribution in [2.24, 2.45) is 0 Å². The molecule has 154 valence electrons. The van der Waals surface area contributed by atoms with E-state index in [1.165, 1.54) is 28.8 Å². The van der Waals surface area contributed by atoms with Crippen LogP contribution in [0.5, 0.6) is 0 Å². The van der Waals surface area contributed by atoms with Crippen LogP contribution in [0.4, 0.5) is 8.78 Å². The Kier molecular flexibility index (Phi) is 5.94. The predicted molar refractivity (Wildman–Crippen MR) is 111 cm³/mol. The first-order valence-corrected chi connectivity index (χ1v) is 10.1. The fourth-order valence-corrected chi connectivity index (χ4v) is 4.32. The van der Waals surface area contributed by atoms with Gasteiger partial charge < -0.3 is 10.1 Å². The summed E-state index contributed by atoms with van der Waals surface area (Å²) in [6, 6.07) is 12.6. The molecule has 0 saturated carbocycles. The summed E-state index contributed by atoms with van der Waals surface area (Å²) >= 11 is 0. The molecule has 1 aliphatic rings. The smallest absolute Gasteiger partial charge is 0.159 e. The number of aliphatic hydroxyl groups is 1. The topological polar surface area (TPSA) is 42.5 Å². The number of halogens is 2. The molecule has 1 aliphatic heterocycles. The minimum Gasteiger partial charge on any atom is -0.396 e. The predicted octanol–water partition coefficient (Wildman–Crippen LogP) is 3.82. The molecule has 0 spiro atoms. The molecular formula is C23H27F2N3O. The van der Waals surface area contributed by atoms with E-state index in [1.54, 1.807) is 6.07 Å². The van der Waals surface area contributed by atoms with Crippen LogP contribution in [0.1, 0.15) is 23.2 Å². The SMILES string of the molecule is Cc1c(CN2CCN(Cc3ccc(F)c(F)c3)C(CCO)C2)[nH]c2ccccc12. The van der Waals surface area contributed by atoms with E-state index in [4.69, 9.17) is 0 Å². The van der Waals surface area contributed by atoms with Crippen LogP contribution in [0.2, 0.25) is 0 Å². The van der Waals surface area contributed by atoms with Crippen LogP contribution in [0.15, 0.2) is 42.5 Å². The largest absolute Gasteiger partial charge is 0.396 e. The lowest BCUT2D eigenvalue weighted by Crippen LogP contribution is -2.52. The van der Waals surface area contributed by atoms with E-state index in [0.717, 1.165) is 37.3 Å². The van der Waals surface area contributed by atoms with Crippen LogP contribution < -0.4 is 0 Å². The van der Waals surface area contributed by atoms with Gasteiger partial charge in [0.15, 0.2) is 11.6 Å². The molecule has 1 saturated heterocycles. The normalized spacial score (nSPS) is 18.6. The van der Waals surface area contributed by atoms with Crippen LogP contribution in [0, 0.1) is 18.6 Å². The molecule has 0 amide bonds. The highest BCUT2D eigenvalue weighted by molar-refractivity contribution is 5.84. The Morgan fingerprint density at radius 3 is 2.66 bits per heavy atom. The van der Waals surface area contributed by atoms with Crippen molar-refractivity contribution in [3.05, 3.63) is 70.9 Å². The van der Waals surface area contributed by atoms with Gasteiger partial charge in [-0.15, -0.1) is 0 Å². The molecule has 0 bridgehead atoms. The number of aliphatic hydroxyl groups excluding tert-OH is 1. The number of para-hydroxylation sites is 1. The second-order valence-corrected chi connectivity index (χ2v) is 7.89. The van der Waals surface area contributed by atoms with Gasteiger partial charge in [0.25, 0.3) is 0 Å². The quantitative estimate of drug-likeness (QED) is 0.662. The summed E-state index contributed by atoms with van der Waals surface area (Å²) < 4.78 is 26.8. The molecule has 3 aromatic rings. The molecule has 2 N–H and O–H groups in total. The van der Waals surface area contributed by atoms with Crippen molar-refractivity contribution < 1.29 is 13.9 Å². The van der Waals surface area contributed by atoms with Gasteiger partial charge in [-0.3, -0.25) is 9.80 Å². The van der Waals surface area contributed by atoms with Gasteiger partial charge in [-0.2, -0.15) is 0 Å². The number of piperazine rings is 1. The molecule has 1 atom stereocenters. The first kappa shape index (κ1) is 20.0. The third-order valence-corrected chi connectivity index (χ3v) is 5.97. The lowest BCUT2D eigenvalue weighted by molar-refractivity contribution is 0.0493. The number of aromatic amines is 1. The van der Waals surface area contributed by atoms with Crippen molar-refractivity contribution in [2.75, 3.05) is 26.2 Å². The number of hydrogen-bond donors (Lipinski definition) is 2. The first-order valence-electron chi connectivity index (χ1n) is 10.1. The highest BCUT2D eigenvalue weighted by Crippen LogP contribution is 2.24. The Bertz CT molecular complexity index is 987. The van der Waals surface area contributed by atoms with E-state index in [0.29, 0.717) is 13.0 Å². The van der Waals surface area contributed by atoms with Gasteiger partial charge in [0.05, 0.1) is 0 Å². The summed E-state index contributed by atoms with van der Waals surface area (Å²) in [5.74, 6) is -1.63. The molecule has 29 heavy (non-hydrogen) atoms. The van der Waals surface area contributed by atoms with Crippen LogP contribution in [-0.4, -0.2) is 52.2 Å². The van der Waals surface area contributed by atoms with E-state index < -0.39 is 11.6 Å². The fourth-order valence-electron chi connectivity index (χ4n) is 4.32. The Morgan fingerprint density at radius 1 is 1.07 bits per heavy atom. The van der Waals surface area contributed by atoms with Crippen molar-refractivity contribution in [2.45, 2.75) is 32.5 Å².